The molecular weight excluding hydrogens is 390 g/mol. The third-order valence-electron chi connectivity index (χ3n) is 5.81. The number of hydrogen-bond acceptors (Lipinski definition) is 2. The van der Waals surface area contributed by atoms with Crippen LogP contribution in [-0.4, -0.2) is 5.54 Å². The first kappa shape index (κ1) is 19.0. The van der Waals surface area contributed by atoms with Crippen molar-refractivity contribution in [1.82, 2.24) is 0 Å². The second kappa shape index (κ2) is 6.78. The minimum absolute atomic E-state index is 0.0953. The van der Waals surface area contributed by atoms with Crippen LogP contribution in [0.4, 0.5) is 5.69 Å². The molecule has 0 unspecified atom stereocenters. The topological polar surface area (TPSA) is 21.3 Å². The lowest BCUT2D eigenvalue weighted by Crippen LogP contribution is -2.32. The molecule has 0 fully saturated rings. The van der Waals surface area contributed by atoms with Gasteiger partial charge in [0.1, 0.15) is 11.5 Å². The van der Waals surface area contributed by atoms with Crippen LogP contribution in [0.1, 0.15) is 43.0 Å². The van der Waals surface area contributed by atoms with E-state index < -0.39 is 0 Å². The molecule has 0 saturated heterocycles. The summed E-state index contributed by atoms with van der Waals surface area (Å²) >= 11 is 6.35. The van der Waals surface area contributed by atoms with E-state index in [0.29, 0.717) is 5.02 Å². The van der Waals surface area contributed by atoms with E-state index in [1.807, 2.05) is 18.2 Å². The smallest absolute Gasteiger partial charge is 0.136 e. The van der Waals surface area contributed by atoms with E-state index in [-0.39, 0.29) is 5.54 Å². The van der Waals surface area contributed by atoms with Gasteiger partial charge >= 0.3 is 0 Å². The maximum atomic E-state index is 6.49. The molecule has 0 atom stereocenters. The largest absolute Gasteiger partial charge is 0.456 e. The summed E-state index contributed by atoms with van der Waals surface area (Å²) in [6.07, 6.45) is 4.44. The highest BCUT2D eigenvalue weighted by Gasteiger charge is 2.31. The average Bonchev–Trinajstić information content (AvgIpc) is 2.68. The Morgan fingerprint density at radius 3 is 2.53 bits per heavy atom. The first-order valence-electron chi connectivity index (χ1n) is 10.2. The Kier molecular flexibility index (Phi) is 4.30. The van der Waals surface area contributed by atoms with Gasteiger partial charge in [0.15, 0.2) is 0 Å². The minimum atomic E-state index is -0.0953. The first-order valence-corrected chi connectivity index (χ1v) is 10.6. The van der Waals surface area contributed by atoms with Crippen LogP contribution in [-0.2, 0) is 0 Å². The van der Waals surface area contributed by atoms with Crippen molar-refractivity contribution in [3.63, 3.8) is 0 Å². The third-order valence-corrected chi connectivity index (χ3v) is 6.04. The number of benzene rings is 3. The molecule has 0 aliphatic carbocycles. The number of hydrogen-bond donors (Lipinski definition) is 1. The molecular formula is C27H24ClNO. The van der Waals surface area contributed by atoms with Crippen LogP contribution in [0.2, 0.25) is 5.02 Å². The lowest BCUT2D eigenvalue weighted by molar-refractivity contribution is 0.514. The maximum absolute atomic E-state index is 6.49. The van der Waals surface area contributed by atoms with E-state index in [4.69, 9.17) is 16.3 Å². The quantitative estimate of drug-likeness (QED) is 0.439. The number of fused-ring (bicyclic) bond motifs is 5. The molecule has 0 spiro atoms. The van der Waals surface area contributed by atoms with Crippen LogP contribution >= 0.6 is 11.6 Å². The molecule has 2 nitrogen and oxygen atoms in total. The molecule has 2 aliphatic heterocycles. The van der Waals surface area contributed by atoms with Gasteiger partial charge < -0.3 is 10.1 Å². The second-order valence-corrected chi connectivity index (χ2v) is 9.13. The molecule has 5 rings (SSSR count). The standard InChI is InChI=1S/C27H24ClNO/c1-16-7-5-6-8-18(16)13-24-26-20(21-14-19(28)9-12-23(21)30-24)10-11-22-25(26)17(2)15-27(3,4)29-22/h5-15,29H,1-4H3. The monoisotopic (exact) mass is 413 g/mol. The Labute approximate surface area is 182 Å². The van der Waals surface area contributed by atoms with Gasteiger partial charge in [-0.05, 0) is 80.3 Å². The fraction of sp³-hybridized carbons (Fsp3) is 0.185. The van der Waals surface area contributed by atoms with Crippen molar-refractivity contribution in [3.8, 4) is 16.9 Å². The van der Waals surface area contributed by atoms with Gasteiger partial charge in [0.05, 0.1) is 5.54 Å². The summed E-state index contributed by atoms with van der Waals surface area (Å²) in [6.45, 7) is 8.68. The molecule has 0 aromatic heterocycles. The molecule has 3 heteroatoms. The van der Waals surface area contributed by atoms with Crippen molar-refractivity contribution >= 4 is 34.7 Å². The number of anilines is 1. The van der Waals surface area contributed by atoms with E-state index >= 15 is 0 Å². The van der Waals surface area contributed by atoms with E-state index in [1.54, 1.807) is 0 Å². The zero-order chi connectivity index (χ0) is 21.0. The van der Waals surface area contributed by atoms with Gasteiger partial charge in [0, 0.05) is 27.4 Å². The summed E-state index contributed by atoms with van der Waals surface area (Å²) in [7, 11) is 0. The van der Waals surface area contributed by atoms with Crippen LogP contribution in [0.3, 0.4) is 0 Å². The number of allylic oxidation sites excluding steroid dienone is 1. The Morgan fingerprint density at radius 1 is 0.933 bits per heavy atom. The van der Waals surface area contributed by atoms with Crippen LogP contribution < -0.4 is 10.1 Å². The van der Waals surface area contributed by atoms with E-state index in [0.717, 1.165) is 39.4 Å². The van der Waals surface area contributed by atoms with Crippen molar-refractivity contribution in [1.29, 1.82) is 0 Å². The zero-order valence-electron chi connectivity index (χ0n) is 17.6. The number of halogens is 1. The van der Waals surface area contributed by atoms with Crippen LogP contribution in [0.25, 0.3) is 28.5 Å². The summed E-state index contributed by atoms with van der Waals surface area (Å²) in [5.74, 6) is 1.69. The third kappa shape index (κ3) is 3.12. The Hall–Kier alpha value is -2.97. The summed E-state index contributed by atoms with van der Waals surface area (Å²) in [5.41, 5.74) is 9.12. The number of nitrogens with one attached hydrogen (secondary N) is 1. The van der Waals surface area contributed by atoms with Gasteiger partial charge in [0.2, 0.25) is 0 Å². The van der Waals surface area contributed by atoms with Crippen LogP contribution in [0, 0.1) is 6.92 Å². The molecule has 0 radical (unpaired) electrons. The fourth-order valence-corrected chi connectivity index (χ4v) is 4.73. The molecule has 0 bridgehead atoms. The summed E-state index contributed by atoms with van der Waals surface area (Å²) in [6, 6.07) is 18.6. The number of aryl methyl sites for hydroxylation is 1. The minimum Gasteiger partial charge on any atom is -0.456 e. The molecule has 150 valence electrons. The van der Waals surface area contributed by atoms with Gasteiger partial charge in [-0.3, -0.25) is 0 Å². The normalized spacial score (nSPS) is 17.2. The molecule has 0 saturated carbocycles. The van der Waals surface area contributed by atoms with Crippen molar-refractivity contribution in [2.24, 2.45) is 0 Å². The van der Waals surface area contributed by atoms with Crippen molar-refractivity contribution in [2.75, 3.05) is 5.32 Å². The summed E-state index contributed by atoms with van der Waals surface area (Å²) < 4.78 is 6.49. The molecule has 3 aromatic rings. The Morgan fingerprint density at radius 2 is 1.73 bits per heavy atom. The highest BCUT2D eigenvalue weighted by atomic mass is 35.5. The molecule has 2 aliphatic rings. The SMILES string of the molecule is CC1=CC(C)(C)Nc2ccc3c(c21)C(=Cc1ccccc1C)Oc1ccc(Cl)cc1-3. The van der Waals surface area contributed by atoms with Gasteiger partial charge in [0.25, 0.3) is 0 Å². The molecule has 0 amide bonds. The van der Waals surface area contributed by atoms with Gasteiger partial charge in [-0.15, -0.1) is 0 Å². The fourth-order valence-electron chi connectivity index (χ4n) is 4.56. The Bertz CT molecular complexity index is 1250. The lowest BCUT2D eigenvalue weighted by atomic mass is 9.83. The predicted molar refractivity (Wildman–Crippen MR) is 128 cm³/mol. The van der Waals surface area contributed by atoms with Crippen LogP contribution in [0.15, 0.2) is 60.7 Å². The molecule has 1 N–H and O–H groups in total. The van der Waals surface area contributed by atoms with Gasteiger partial charge in [-0.25, -0.2) is 0 Å². The highest BCUT2D eigenvalue weighted by molar-refractivity contribution is 6.31. The lowest BCUT2D eigenvalue weighted by Gasteiger charge is -2.35. The number of ether oxygens (including phenoxy) is 1. The summed E-state index contributed by atoms with van der Waals surface area (Å²) in [4.78, 5) is 0. The van der Waals surface area contributed by atoms with Crippen molar-refractivity contribution in [3.05, 3.63) is 87.9 Å². The summed E-state index contributed by atoms with van der Waals surface area (Å²) in [5, 5.41) is 4.37. The predicted octanol–water partition coefficient (Wildman–Crippen LogP) is 7.81. The maximum Gasteiger partial charge on any atom is 0.136 e. The first-order chi connectivity index (χ1) is 14.3. The molecule has 3 aromatic carbocycles. The van der Waals surface area contributed by atoms with Gasteiger partial charge in [-0.1, -0.05) is 48.0 Å². The van der Waals surface area contributed by atoms with Gasteiger partial charge in [-0.2, -0.15) is 0 Å². The average molecular weight is 414 g/mol. The molecule has 2 heterocycles. The second-order valence-electron chi connectivity index (χ2n) is 8.69. The zero-order valence-corrected chi connectivity index (χ0v) is 18.4. The van der Waals surface area contributed by atoms with E-state index in [2.05, 4.69) is 81.6 Å². The van der Waals surface area contributed by atoms with Crippen LogP contribution in [0.5, 0.6) is 5.75 Å². The van der Waals surface area contributed by atoms with Crippen molar-refractivity contribution < 1.29 is 4.74 Å². The highest BCUT2D eigenvalue weighted by Crippen LogP contribution is 2.49. The van der Waals surface area contributed by atoms with Crippen molar-refractivity contribution in [2.45, 2.75) is 33.2 Å². The molecule has 30 heavy (non-hydrogen) atoms. The van der Waals surface area contributed by atoms with E-state index in [9.17, 15) is 0 Å². The number of rotatable bonds is 1. The van der Waals surface area contributed by atoms with E-state index in [1.165, 1.54) is 16.7 Å². The Balaban J connectivity index is 1.82.